The van der Waals surface area contributed by atoms with Crippen molar-refractivity contribution in [1.29, 1.82) is 5.26 Å². The van der Waals surface area contributed by atoms with Crippen LogP contribution in [0.4, 0.5) is 9.80 Å². The molecule has 0 saturated carbocycles. The Hall–Kier alpha value is -2.10. The molecule has 0 aliphatic carbocycles. The van der Waals surface area contributed by atoms with Crippen molar-refractivity contribution in [3.8, 4) is 6.07 Å². The quantitative estimate of drug-likeness (QED) is 0.901. The van der Waals surface area contributed by atoms with Crippen LogP contribution in [0.2, 0.25) is 5.02 Å². The number of carbonyl (C=O) groups is 1. The molecular weight excluding hydrogens is 308 g/mol. The largest absolute Gasteiger partial charge is 0.331 e. The van der Waals surface area contributed by atoms with Crippen molar-refractivity contribution in [2.75, 3.05) is 5.32 Å². The summed E-state index contributed by atoms with van der Waals surface area (Å²) in [7, 11) is 0. The molecule has 1 aromatic heterocycles. The fourth-order valence-electron chi connectivity index (χ4n) is 1.83. The number of hydrogen-bond donors (Lipinski definition) is 2. The zero-order valence-corrected chi connectivity index (χ0v) is 13.0. The van der Waals surface area contributed by atoms with E-state index >= 15 is 0 Å². The third-order valence-corrected chi connectivity index (χ3v) is 4.12. The molecule has 2 amide bonds. The second-order valence-corrected chi connectivity index (χ2v) is 5.61. The molecule has 2 rings (SSSR count). The summed E-state index contributed by atoms with van der Waals surface area (Å²) in [4.78, 5) is 12.0. The van der Waals surface area contributed by atoms with Gasteiger partial charge in [0.25, 0.3) is 0 Å². The topological polar surface area (TPSA) is 77.8 Å². The molecule has 108 valence electrons. The van der Waals surface area contributed by atoms with Crippen molar-refractivity contribution in [2.45, 2.75) is 19.9 Å². The number of urea groups is 1. The van der Waals surface area contributed by atoms with Crippen LogP contribution in [-0.2, 0) is 0 Å². The Morgan fingerprint density at radius 3 is 2.86 bits per heavy atom. The Morgan fingerprint density at radius 2 is 2.19 bits per heavy atom. The van der Waals surface area contributed by atoms with E-state index in [0.717, 1.165) is 17.1 Å². The van der Waals surface area contributed by atoms with Gasteiger partial charge >= 0.3 is 6.03 Å². The van der Waals surface area contributed by atoms with Gasteiger partial charge in [-0.2, -0.15) is 9.64 Å². The minimum atomic E-state index is -0.400. The zero-order chi connectivity index (χ0) is 15.4. The predicted octanol–water partition coefficient (Wildman–Crippen LogP) is 3.86. The zero-order valence-electron chi connectivity index (χ0n) is 11.5. The Labute approximate surface area is 131 Å². The molecule has 0 fully saturated rings. The number of aryl methyl sites for hydroxylation is 1. The highest BCUT2D eigenvalue weighted by atomic mass is 35.5. The summed E-state index contributed by atoms with van der Waals surface area (Å²) in [5, 5.41) is 15.5. The summed E-state index contributed by atoms with van der Waals surface area (Å²) in [5.41, 5.74) is 1.83. The number of nitrogens with one attached hydrogen (secondary N) is 2. The Bertz CT molecular complexity index is 707. The molecule has 2 N–H and O–H groups in total. The number of carbonyl (C=O) groups excluding carboxylic acids is 1. The summed E-state index contributed by atoms with van der Waals surface area (Å²) in [6, 6.07) is 8.69. The molecule has 0 aliphatic heterocycles. The Balaban J connectivity index is 2.05. The van der Waals surface area contributed by atoms with Gasteiger partial charge in [-0.15, -0.1) is 0 Å². The fraction of sp³-hybridized carbons (Fsp3) is 0.214. The molecule has 0 unspecified atom stereocenters. The third kappa shape index (κ3) is 3.51. The van der Waals surface area contributed by atoms with E-state index in [-0.39, 0.29) is 6.04 Å². The molecule has 0 saturated heterocycles. The van der Waals surface area contributed by atoms with Gasteiger partial charge < -0.3 is 5.32 Å². The van der Waals surface area contributed by atoms with E-state index in [0.29, 0.717) is 21.3 Å². The first kappa shape index (κ1) is 15.3. The monoisotopic (exact) mass is 320 g/mol. The highest BCUT2D eigenvalue weighted by Crippen LogP contribution is 2.24. The van der Waals surface area contributed by atoms with Crippen molar-refractivity contribution in [2.24, 2.45) is 0 Å². The maximum Gasteiger partial charge on any atom is 0.320 e. The van der Waals surface area contributed by atoms with Crippen LogP contribution < -0.4 is 10.6 Å². The van der Waals surface area contributed by atoms with E-state index in [9.17, 15) is 4.79 Å². The minimum Gasteiger partial charge on any atom is -0.331 e. The van der Waals surface area contributed by atoms with Crippen LogP contribution in [-0.4, -0.2) is 10.4 Å². The summed E-state index contributed by atoms with van der Waals surface area (Å²) in [6.07, 6.45) is 0. The second-order valence-electron chi connectivity index (χ2n) is 4.43. The summed E-state index contributed by atoms with van der Waals surface area (Å²) in [6.45, 7) is 3.56. The Morgan fingerprint density at radius 1 is 1.48 bits per heavy atom. The number of amides is 2. The van der Waals surface area contributed by atoms with E-state index < -0.39 is 6.03 Å². The van der Waals surface area contributed by atoms with Gasteiger partial charge in [0, 0.05) is 5.02 Å². The molecule has 0 bridgehead atoms. The van der Waals surface area contributed by atoms with Crippen LogP contribution in [0.25, 0.3) is 0 Å². The number of rotatable bonds is 3. The number of anilines is 1. The van der Waals surface area contributed by atoms with Gasteiger partial charge in [-0.25, -0.2) is 4.79 Å². The van der Waals surface area contributed by atoms with Crippen molar-refractivity contribution >= 4 is 34.2 Å². The lowest BCUT2D eigenvalue weighted by Gasteiger charge is -2.15. The van der Waals surface area contributed by atoms with Crippen LogP contribution in [0.5, 0.6) is 0 Å². The number of nitrogens with zero attached hydrogens (tertiary/aromatic N) is 2. The first-order chi connectivity index (χ1) is 10.0. The molecular formula is C14H13ClN4OS. The number of aromatic nitrogens is 1. The average Bonchev–Trinajstić information content (AvgIpc) is 2.79. The maximum atomic E-state index is 12.0. The minimum absolute atomic E-state index is 0.252. The third-order valence-electron chi connectivity index (χ3n) is 2.92. The lowest BCUT2D eigenvalue weighted by atomic mass is 10.1. The number of hydrogen-bond acceptors (Lipinski definition) is 4. The van der Waals surface area contributed by atoms with Crippen LogP contribution in [0.3, 0.4) is 0 Å². The predicted molar refractivity (Wildman–Crippen MR) is 83.6 cm³/mol. The molecule has 1 heterocycles. The van der Waals surface area contributed by atoms with Crippen LogP contribution in [0.1, 0.15) is 29.8 Å². The fourth-order valence-corrected chi connectivity index (χ4v) is 2.87. The maximum absolute atomic E-state index is 12.0. The van der Waals surface area contributed by atoms with E-state index in [1.165, 1.54) is 0 Å². The van der Waals surface area contributed by atoms with Crippen LogP contribution >= 0.6 is 23.1 Å². The number of benzene rings is 1. The van der Waals surface area contributed by atoms with E-state index in [2.05, 4.69) is 15.0 Å². The molecule has 5 nitrogen and oxygen atoms in total. The molecule has 1 aromatic carbocycles. The van der Waals surface area contributed by atoms with Gasteiger partial charge in [0.2, 0.25) is 0 Å². The highest BCUT2D eigenvalue weighted by molar-refractivity contribution is 7.10. The van der Waals surface area contributed by atoms with Crippen molar-refractivity contribution in [1.82, 2.24) is 9.69 Å². The van der Waals surface area contributed by atoms with Gasteiger partial charge in [-0.3, -0.25) is 5.32 Å². The van der Waals surface area contributed by atoms with E-state index in [4.69, 9.17) is 16.9 Å². The van der Waals surface area contributed by atoms with Gasteiger partial charge in [0.1, 0.15) is 16.6 Å². The molecule has 0 radical (unpaired) electrons. The van der Waals surface area contributed by atoms with Crippen molar-refractivity contribution < 1.29 is 4.79 Å². The molecule has 21 heavy (non-hydrogen) atoms. The standard InChI is InChI=1S/C14H13ClN4OS/c1-8(10-5-3-4-6-12(10)15)17-14(20)18-13-11(7-16)9(2)19-21-13/h3-6,8H,1-2H3,(H2,17,18,20)/t8-/m1/s1. The summed E-state index contributed by atoms with van der Waals surface area (Å²) < 4.78 is 4.05. The molecule has 1 atom stereocenters. The SMILES string of the molecule is Cc1nsc(NC(=O)N[C@H](C)c2ccccc2Cl)c1C#N. The normalized spacial score (nSPS) is 11.5. The molecule has 0 aliphatic rings. The molecule has 7 heteroatoms. The van der Waals surface area contributed by atoms with Crippen LogP contribution in [0.15, 0.2) is 24.3 Å². The summed E-state index contributed by atoms with van der Waals surface area (Å²) in [5.74, 6) is 0. The van der Waals surface area contributed by atoms with Gasteiger partial charge in [0.05, 0.1) is 11.7 Å². The number of nitriles is 1. The molecule has 0 spiro atoms. The van der Waals surface area contributed by atoms with Gasteiger partial charge in [-0.1, -0.05) is 29.8 Å². The number of halogens is 1. The van der Waals surface area contributed by atoms with Gasteiger partial charge in [0.15, 0.2) is 0 Å². The first-order valence-corrected chi connectivity index (χ1v) is 7.36. The lowest BCUT2D eigenvalue weighted by Crippen LogP contribution is -2.31. The van der Waals surface area contributed by atoms with Crippen LogP contribution in [0, 0.1) is 18.3 Å². The van der Waals surface area contributed by atoms with E-state index in [1.807, 2.05) is 31.2 Å². The van der Waals surface area contributed by atoms with Gasteiger partial charge in [-0.05, 0) is 37.0 Å². The summed E-state index contributed by atoms with van der Waals surface area (Å²) >= 11 is 7.18. The van der Waals surface area contributed by atoms with E-state index in [1.54, 1.807) is 13.0 Å². The Kier molecular flexibility index (Phi) is 4.78. The first-order valence-electron chi connectivity index (χ1n) is 6.21. The van der Waals surface area contributed by atoms with Crippen molar-refractivity contribution in [3.05, 3.63) is 46.1 Å². The van der Waals surface area contributed by atoms with Crippen molar-refractivity contribution in [3.63, 3.8) is 0 Å². The smallest absolute Gasteiger partial charge is 0.320 e. The highest BCUT2D eigenvalue weighted by Gasteiger charge is 2.16. The second kappa shape index (κ2) is 6.57. The average molecular weight is 321 g/mol. The molecule has 2 aromatic rings. The lowest BCUT2D eigenvalue weighted by molar-refractivity contribution is 0.249.